The van der Waals surface area contributed by atoms with Crippen molar-refractivity contribution in [2.45, 2.75) is 12.3 Å². The van der Waals surface area contributed by atoms with Crippen LogP contribution in [0.1, 0.15) is 17.2 Å². The summed E-state index contributed by atoms with van der Waals surface area (Å²) in [6, 6.07) is 4.35. The van der Waals surface area contributed by atoms with Gasteiger partial charge in [0.05, 0.1) is 0 Å². The number of nitrogens with zero attached hydrogens (tertiary/aromatic N) is 1. The smallest absolute Gasteiger partial charge is 0.00963 e. The molecule has 2 heterocycles. The van der Waals surface area contributed by atoms with E-state index in [1.54, 1.807) is 0 Å². The van der Waals surface area contributed by atoms with Crippen molar-refractivity contribution < 1.29 is 0 Å². The maximum absolute atomic E-state index is 5.88. The Labute approximate surface area is 89.7 Å². The Kier molecular flexibility index (Phi) is 3.21. The molecule has 2 unspecified atom stereocenters. The van der Waals surface area contributed by atoms with E-state index in [-0.39, 0.29) is 0 Å². The zero-order valence-corrected chi connectivity index (χ0v) is 9.46. The largest absolute Gasteiger partial charge is 0.330 e. The lowest BCUT2D eigenvalue weighted by Gasteiger charge is -2.20. The first kappa shape index (κ1) is 10.1. The van der Waals surface area contributed by atoms with Crippen LogP contribution in [0.4, 0.5) is 0 Å². The number of likely N-dealkylation sites (tertiary alicyclic amines) is 1. The van der Waals surface area contributed by atoms with E-state index in [4.69, 9.17) is 5.73 Å². The van der Waals surface area contributed by atoms with Gasteiger partial charge in [-0.1, -0.05) is 6.07 Å². The number of hydrogen-bond donors (Lipinski definition) is 1. The third kappa shape index (κ3) is 2.00. The highest BCUT2D eigenvalue weighted by Gasteiger charge is 2.28. The fraction of sp³-hybridized carbons (Fsp3) is 0.636. The molecule has 1 aliphatic rings. The van der Waals surface area contributed by atoms with Crippen molar-refractivity contribution in [1.82, 2.24) is 4.90 Å². The lowest BCUT2D eigenvalue weighted by Crippen LogP contribution is -2.23. The first-order valence-corrected chi connectivity index (χ1v) is 6.11. The van der Waals surface area contributed by atoms with Crippen LogP contribution in [0, 0.1) is 5.92 Å². The van der Waals surface area contributed by atoms with Crippen molar-refractivity contribution in [2.24, 2.45) is 11.7 Å². The first-order valence-electron chi connectivity index (χ1n) is 5.23. The minimum Gasteiger partial charge on any atom is -0.330 e. The normalized spacial score (nSPS) is 25.4. The summed E-state index contributed by atoms with van der Waals surface area (Å²) in [6.07, 6.45) is 1.30. The van der Waals surface area contributed by atoms with Crippen molar-refractivity contribution in [3.05, 3.63) is 22.4 Å². The molecule has 14 heavy (non-hydrogen) atoms. The van der Waals surface area contributed by atoms with E-state index < -0.39 is 0 Å². The van der Waals surface area contributed by atoms with Crippen molar-refractivity contribution >= 4 is 11.3 Å². The Hall–Kier alpha value is -0.380. The molecule has 2 atom stereocenters. The van der Waals surface area contributed by atoms with Crippen LogP contribution in [0.2, 0.25) is 0 Å². The zero-order chi connectivity index (χ0) is 9.97. The predicted molar refractivity (Wildman–Crippen MR) is 61.7 cm³/mol. The summed E-state index contributed by atoms with van der Waals surface area (Å²) in [4.78, 5) is 3.87. The number of thiophene rings is 1. The third-order valence-corrected chi connectivity index (χ3v) is 4.16. The van der Waals surface area contributed by atoms with E-state index in [2.05, 4.69) is 29.5 Å². The van der Waals surface area contributed by atoms with E-state index in [9.17, 15) is 0 Å². The highest BCUT2D eigenvalue weighted by atomic mass is 32.1. The van der Waals surface area contributed by atoms with Crippen LogP contribution in [0.3, 0.4) is 0 Å². The molecule has 0 bridgehead atoms. The van der Waals surface area contributed by atoms with E-state index in [0.717, 1.165) is 12.5 Å². The lowest BCUT2D eigenvalue weighted by atomic mass is 9.90. The second-order valence-electron chi connectivity index (χ2n) is 4.17. The molecule has 2 nitrogen and oxygen atoms in total. The average Bonchev–Trinajstić information content (AvgIpc) is 2.79. The molecule has 0 saturated carbocycles. The monoisotopic (exact) mass is 210 g/mol. The van der Waals surface area contributed by atoms with Crippen LogP contribution in [0.5, 0.6) is 0 Å². The van der Waals surface area contributed by atoms with Gasteiger partial charge in [0.15, 0.2) is 0 Å². The SMILES string of the molecule is CN1CCC(C(CN)c2cccs2)C1. The lowest BCUT2D eigenvalue weighted by molar-refractivity contribution is 0.373. The molecule has 1 fully saturated rings. The summed E-state index contributed by atoms with van der Waals surface area (Å²) < 4.78 is 0. The van der Waals surface area contributed by atoms with Crippen LogP contribution < -0.4 is 5.73 Å². The summed E-state index contributed by atoms with van der Waals surface area (Å²) in [5.41, 5.74) is 5.88. The summed E-state index contributed by atoms with van der Waals surface area (Å²) in [6.45, 7) is 3.23. The van der Waals surface area contributed by atoms with Gasteiger partial charge in [-0.3, -0.25) is 0 Å². The molecule has 0 aromatic carbocycles. The molecule has 1 saturated heterocycles. The summed E-state index contributed by atoms with van der Waals surface area (Å²) >= 11 is 1.85. The number of nitrogens with two attached hydrogens (primary N) is 1. The van der Waals surface area contributed by atoms with Crippen LogP contribution in [0.25, 0.3) is 0 Å². The molecule has 0 radical (unpaired) electrons. The van der Waals surface area contributed by atoms with Gasteiger partial charge in [-0.05, 0) is 37.4 Å². The van der Waals surface area contributed by atoms with Gasteiger partial charge in [0, 0.05) is 23.9 Å². The van der Waals surface area contributed by atoms with E-state index in [0.29, 0.717) is 5.92 Å². The molecular formula is C11H18N2S. The van der Waals surface area contributed by atoms with Gasteiger partial charge in [-0.2, -0.15) is 0 Å². The van der Waals surface area contributed by atoms with E-state index in [1.165, 1.54) is 24.4 Å². The molecule has 2 N–H and O–H groups in total. The van der Waals surface area contributed by atoms with Crippen LogP contribution >= 0.6 is 11.3 Å². The highest BCUT2D eigenvalue weighted by molar-refractivity contribution is 7.10. The molecule has 78 valence electrons. The predicted octanol–water partition coefficient (Wildman–Crippen LogP) is 1.74. The second-order valence-corrected chi connectivity index (χ2v) is 5.15. The van der Waals surface area contributed by atoms with E-state index in [1.807, 2.05) is 11.3 Å². The van der Waals surface area contributed by atoms with Crippen LogP contribution in [-0.4, -0.2) is 31.6 Å². The molecule has 3 heteroatoms. The first-order chi connectivity index (χ1) is 6.81. The highest BCUT2D eigenvalue weighted by Crippen LogP contribution is 2.32. The van der Waals surface area contributed by atoms with E-state index >= 15 is 0 Å². The van der Waals surface area contributed by atoms with Gasteiger partial charge in [0.25, 0.3) is 0 Å². The quantitative estimate of drug-likeness (QED) is 0.823. The van der Waals surface area contributed by atoms with Crippen LogP contribution in [0.15, 0.2) is 17.5 Å². The fourth-order valence-corrected chi connectivity index (χ4v) is 3.28. The topological polar surface area (TPSA) is 29.3 Å². The Balaban J connectivity index is 2.07. The molecule has 1 aromatic rings. The molecule has 2 rings (SSSR count). The van der Waals surface area contributed by atoms with Crippen molar-refractivity contribution in [3.63, 3.8) is 0 Å². The summed E-state index contributed by atoms with van der Waals surface area (Å²) in [5.74, 6) is 1.35. The zero-order valence-electron chi connectivity index (χ0n) is 8.65. The Bertz CT molecular complexity index is 271. The van der Waals surface area contributed by atoms with Crippen molar-refractivity contribution in [3.8, 4) is 0 Å². The minimum absolute atomic E-state index is 0.583. The minimum atomic E-state index is 0.583. The number of rotatable bonds is 3. The van der Waals surface area contributed by atoms with Gasteiger partial charge in [-0.15, -0.1) is 11.3 Å². The molecule has 0 amide bonds. The molecule has 1 aromatic heterocycles. The van der Waals surface area contributed by atoms with Crippen molar-refractivity contribution in [1.29, 1.82) is 0 Å². The summed E-state index contributed by atoms with van der Waals surface area (Å²) in [7, 11) is 2.20. The fourth-order valence-electron chi connectivity index (χ4n) is 2.34. The van der Waals surface area contributed by atoms with Crippen molar-refractivity contribution in [2.75, 3.05) is 26.7 Å². The number of hydrogen-bond acceptors (Lipinski definition) is 3. The maximum Gasteiger partial charge on any atom is 0.00963 e. The Morgan fingerprint density at radius 2 is 2.57 bits per heavy atom. The molecule has 0 spiro atoms. The van der Waals surface area contributed by atoms with Gasteiger partial charge in [0.1, 0.15) is 0 Å². The maximum atomic E-state index is 5.88. The Morgan fingerprint density at radius 1 is 1.71 bits per heavy atom. The average molecular weight is 210 g/mol. The van der Waals surface area contributed by atoms with Gasteiger partial charge >= 0.3 is 0 Å². The van der Waals surface area contributed by atoms with Gasteiger partial charge in [-0.25, -0.2) is 0 Å². The standard InChI is InChI=1S/C11H18N2S/c1-13-5-4-9(8-13)10(7-12)11-3-2-6-14-11/h2-3,6,9-10H,4-5,7-8,12H2,1H3. The van der Waals surface area contributed by atoms with Crippen LogP contribution in [-0.2, 0) is 0 Å². The second kappa shape index (κ2) is 4.43. The van der Waals surface area contributed by atoms with Gasteiger partial charge < -0.3 is 10.6 Å². The molecule has 0 aliphatic carbocycles. The summed E-state index contributed by atoms with van der Waals surface area (Å²) in [5, 5.41) is 2.15. The van der Waals surface area contributed by atoms with Gasteiger partial charge in [0.2, 0.25) is 0 Å². The molecule has 1 aliphatic heterocycles. The molecular weight excluding hydrogens is 192 g/mol. The Morgan fingerprint density at radius 3 is 3.07 bits per heavy atom. The third-order valence-electron chi connectivity index (χ3n) is 3.16.